The first-order chi connectivity index (χ1) is 5.85. The van der Waals surface area contributed by atoms with E-state index in [0.29, 0.717) is 0 Å². The van der Waals surface area contributed by atoms with E-state index in [2.05, 4.69) is 15.0 Å². The van der Waals surface area contributed by atoms with Crippen molar-refractivity contribution in [3.05, 3.63) is 0 Å². The fourth-order valence-corrected chi connectivity index (χ4v) is 0.970. The molecule has 0 unspecified atom stereocenters. The molecule has 0 aliphatic rings. The maximum absolute atomic E-state index is 10.8. The minimum absolute atomic E-state index is 0.857. The van der Waals surface area contributed by atoms with Crippen LogP contribution in [0.1, 0.15) is 0 Å². The van der Waals surface area contributed by atoms with Crippen molar-refractivity contribution in [2.45, 2.75) is 19.6 Å². The summed E-state index contributed by atoms with van der Waals surface area (Å²) in [5.74, 6) is 0. The number of azo groups is 1. The van der Waals surface area contributed by atoms with Crippen LogP contribution in [0.2, 0.25) is 19.6 Å². The van der Waals surface area contributed by atoms with Crippen molar-refractivity contribution in [2.24, 2.45) is 10.2 Å². The van der Waals surface area contributed by atoms with Gasteiger partial charge in [0.05, 0.1) is 7.11 Å². The molecule has 0 bridgehead atoms. The van der Waals surface area contributed by atoms with E-state index in [0.717, 1.165) is 7.11 Å². The van der Waals surface area contributed by atoms with E-state index in [9.17, 15) is 9.59 Å². The molecule has 0 saturated heterocycles. The standard InChI is InChI=1S/C6H12N2O4Si/c1-11-5(9)7-8-6(10)12-13(2,3)4/h1-4H3/b8-7+. The number of hydrogen-bond acceptors (Lipinski definition) is 4. The van der Waals surface area contributed by atoms with Crippen molar-refractivity contribution in [2.75, 3.05) is 7.11 Å². The summed E-state index contributed by atoms with van der Waals surface area (Å²) in [5.41, 5.74) is 0. The lowest BCUT2D eigenvalue weighted by Gasteiger charge is -2.13. The summed E-state index contributed by atoms with van der Waals surface area (Å²) in [6.45, 7) is 5.45. The summed E-state index contributed by atoms with van der Waals surface area (Å²) in [4.78, 5) is 21.2. The zero-order chi connectivity index (χ0) is 10.5. The van der Waals surface area contributed by atoms with E-state index < -0.39 is 20.5 Å². The van der Waals surface area contributed by atoms with Crippen molar-refractivity contribution < 1.29 is 18.8 Å². The highest BCUT2D eigenvalue weighted by Crippen LogP contribution is 2.04. The molecule has 0 fully saturated rings. The second kappa shape index (κ2) is 4.70. The van der Waals surface area contributed by atoms with E-state index in [-0.39, 0.29) is 0 Å². The second-order valence-corrected chi connectivity index (χ2v) is 7.58. The summed E-state index contributed by atoms with van der Waals surface area (Å²) >= 11 is 0. The zero-order valence-corrected chi connectivity index (χ0v) is 9.03. The number of carbonyl (C=O) groups excluding carboxylic acids is 2. The van der Waals surface area contributed by atoms with Gasteiger partial charge >= 0.3 is 12.2 Å². The van der Waals surface area contributed by atoms with Gasteiger partial charge in [-0.25, -0.2) is 9.59 Å². The minimum Gasteiger partial charge on any atom is -0.502 e. The molecule has 0 aliphatic heterocycles. The Hall–Kier alpha value is -1.24. The van der Waals surface area contributed by atoms with Crippen molar-refractivity contribution >= 4 is 20.5 Å². The summed E-state index contributed by atoms with van der Waals surface area (Å²) in [6.07, 6.45) is -1.78. The summed E-state index contributed by atoms with van der Waals surface area (Å²) in [7, 11) is -0.814. The van der Waals surface area contributed by atoms with Crippen LogP contribution >= 0.6 is 0 Å². The predicted molar refractivity (Wildman–Crippen MR) is 47.1 cm³/mol. The molecule has 0 atom stereocenters. The van der Waals surface area contributed by atoms with Gasteiger partial charge in [0.1, 0.15) is 0 Å². The van der Waals surface area contributed by atoms with Crippen molar-refractivity contribution in [3.63, 3.8) is 0 Å². The second-order valence-electron chi connectivity index (χ2n) is 3.15. The molecule has 6 nitrogen and oxygen atoms in total. The summed E-state index contributed by atoms with van der Waals surface area (Å²) in [5, 5.41) is 5.94. The number of rotatable bonds is 1. The van der Waals surface area contributed by atoms with Gasteiger partial charge in [0.15, 0.2) is 0 Å². The Morgan fingerprint density at radius 3 is 1.92 bits per heavy atom. The number of hydrogen-bond donors (Lipinski definition) is 0. The van der Waals surface area contributed by atoms with Gasteiger partial charge in [0, 0.05) is 0 Å². The molecule has 0 aromatic rings. The number of ether oxygens (including phenoxy) is 1. The number of carbonyl (C=O) groups is 2. The third-order valence-electron chi connectivity index (χ3n) is 0.781. The van der Waals surface area contributed by atoms with Crippen LogP contribution in [0.25, 0.3) is 0 Å². The third-order valence-corrected chi connectivity index (χ3v) is 1.57. The van der Waals surface area contributed by atoms with E-state index in [1.807, 2.05) is 19.6 Å². The Bertz CT molecular complexity index is 233. The average Bonchev–Trinajstić information content (AvgIpc) is 1.97. The molecule has 0 saturated carbocycles. The molecule has 0 spiro atoms. The fraction of sp³-hybridized carbons (Fsp3) is 0.667. The SMILES string of the molecule is COC(=O)/N=N/C(=O)O[Si](C)(C)C. The van der Waals surface area contributed by atoms with E-state index in [1.54, 1.807) is 0 Å². The average molecular weight is 204 g/mol. The molecule has 74 valence electrons. The molecule has 2 amide bonds. The Balaban J connectivity index is 4.02. The molecule has 0 aromatic heterocycles. The molecule has 0 aliphatic carbocycles. The van der Waals surface area contributed by atoms with Crippen LogP contribution in [0.5, 0.6) is 0 Å². The zero-order valence-electron chi connectivity index (χ0n) is 8.03. The molecule has 0 aromatic carbocycles. The Morgan fingerprint density at radius 2 is 1.54 bits per heavy atom. The van der Waals surface area contributed by atoms with Crippen LogP contribution in [0.3, 0.4) is 0 Å². The molecule has 0 heterocycles. The Morgan fingerprint density at radius 1 is 1.08 bits per heavy atom. The van der Waals surface area contributed by atoms with Gasteiger partial charge in [-0.2, -0.15) is 0 Å². The minimum atomic E-state index is -1.96. The topological polar surface area (TPSA) is 77.3 Å². The first-order valence-electron chi connectivity index (χ1n) is 3.58. The normalized spacial score (nSPS) is 11.4. The maximum Gasteiger partial charge on any atom is 0.452 e. The van der Waals surface area contributed by atoms with Gasteiger partial charge < -0.3 is 9.16 Å². The van der Waals surface area contributed by atoms with Gasteiger partial charge in [0.25, 0.3) is 0 Å². The molecular weight excluding hydrogens is 192 g/mol. The largest absolute Gasteiger partial charge is 0.502 e. The van der Waals surface area contributed by atoms with Crippen molar-refractivity contribution in [1.29, 1.82) is 0 Å². The van der Waals surface area contributed by atoms with Gasteiger partial charge in [-0.05, 0) is 19.6 Å². The van der Waals surface area contributed by atoms with Crippen molar-refractivity contribution in [3.8, 4) is 0 Å². The van der Waals surface area contributed by atoms with Gasteiger partial charge in [-0.3, -0.25) is 0 Å². The molecule has 0 rings (SSSR count). The van der Waals surface area contributed by atoms with E-state index in [4.69, 9.17) is 4.43 Å². The highest BCUT2D eigenvalue weighted by Gasteiger charge is 2.19. The number of nitrogens with zero attached hydrogens (tertiary/aromatic N) is 2. The van der Waals surface area contributed by atoms with Crippen LogP contribution in [-0.2, 0) is 9.16 Å². The van der Waals surface area contributed by atoms with Gasteiger partial charge in [-0.1, -0.05) is 10.2 Å². The third kappa shape index (κ3) is 7.13. The highest BCUT2D eigenvalue weighted by atomic mass is 28.4. The van der Waals surface area contributed by atoms with Crippen LogP contribution in [0.4, 0.5) is 9.59 Å². The monoisotopic (exact) mass is 204 g/mol. The Labute approximate surface area is 77.1 Å². The quantitative estimate of drug-likeness (QED) is 0.484. The van der Waals surface area contributed by atoms with Gasteiger partial charge in [0.2, 0.25) is 8.32 Å². The number of amides is 2. The lowest BCUT2D eigenvalue weighted by Crippen LogP contribution is -2.27. The highest BCUT2D eigenvalue weighted by molar-refractivity contribution is 6.71. The van der Waals surface area contributed by atoms with E-state index >= 15 is 0 Å². The maximum atomic E-state index is 10.8. The molecule has 7 heteroatoms. The predicted octanol–water partition coefficient (Wildman–Crippen LogP) is 2.18. The summed E-state index contributed by atoms with van der Waals surface area (Å²) < 4.78 is 9.00. The van der Waals surface area contributed by atoms with Crippen molar-refractivity contribution in [1.82, 2.24) is 0 Å². The molecular formula is C6H12N2O4Si. The van der Waals surface area contributed by atoms with Crippen LogP contribution in [-0.4, -0.2) is 27.6 Å². The molecule has 0 N–H and O–H groups in total. The first kappa shape index (κ1) is 11.8. The smallest absolute Gasteiger partial charge is 0.452 e. The fourth-order valence-electron chi connectivity index (χ4n) is 0.405. The lowest BCUT2D eigenvalue weighted by atomic mass is 11.2. The van der Waals surface area contributed by atoms with Crippen LogP contribution < -0.4 is 0 Å². The number of methoxy groups -OCH3 is 1. The molecule has 0 radical (unpaired) electrons. The van der Waals surface area contributed by atoms with Crippen LogP contribution in [0.15, 0.2) is 10.2 Å². The lowest BCUT2D eigenvalue weighted by molar-refractivity contribution is 0.178. The van der Waals surface area contributed by atoms with E-state index in [1.165, 1.54) is 0 Å². The van der Waals surface area contributed by atoms with Crippen LogP contribution in [0, 0.1) is 0 Å². The molecule has 13 heavy (non-hydrogen) atoms. The Kier molecular flexibility index (Phi) is 4.25. The summed E-state index contributed by atoms with van der Waals surface area (Å²) in [6, 6.07) is 0. The first-order valence-corrected chi connectivity index (χ1v) is 6.98. The van der Waals surface area contributed by atoms with Gasteiger partial charge in [-0.15, -0.1) is 0 Å².